The molecule has 18 heavy (non-hydrogen) atoms. The van der Waals surface area contributed by atoms with Gasteiger partial charge in [0.15, 0.2) is 5.69 Å². The quantitative estimate of drug-likeness (QED) is 0.777. The van der Waals surface area contributed by atoms with Crippen molar-refractivity contribution >= 4 is 5.97 Å². The average Bonchev–Trinajstić information content (AvgIpc) is 2.78. The van der Waals surface area contributed by atoms with Crippen molar-refractivity contribution in [3.05, 3.63) is 52.9 Å². The second kappa shape index (κ2) is 5.49. The van der Waals surface area contributed by atoms with Crippen molar-refractivity contribution in [3.63, 3.8) is 0 Å². The summed E-state index contributed by atoms with van der Waals surface area (Å²) in [6.07, 6.45) is 0.619. The second-order valence-corrected chi connectivity index (χ2v) is 4.06. The Kier molecular flexibility index (Phi) is 3.77. The Morgan fingerprint density at radius 1 is 1.39 bits per heavy atom. The summed E-state index contributed by atoms with van der Waals surface area (Å²) in [5.41, 5.74) is 2.54. The predicted molar refractivity (Wildman–Crippen MR) is 66.4 cm³/mol. The number of carbonyl (C=O) groups is 1. The fraction of sp³-hybridized carbons (Fsp3) is 0.286. The van der Waals surface area contributed by atoms with E-state index in [1.165, 1.54) is 5.56 Å². The minimum absolute atomic E-state index is 0.222. The van der Waals surface area contributed by atoms with Crippen LogP contribution in [0.2, 0.25) is 0 Å². The Bertz CT molecular complexity index is 545. The summed E-state index contributed by atoms with van der Waals surface area (Å²) >= 11 is 0. The molecule has 2 aromatic rings. The summed E-state index contributed by atoms with van der Waals surface area (Å²) < 4.78 is 9.97. The highest BCUT2D eigenvalue weighted by Gasteiger charge is 2.13. The van der Waals surface area contributed by atoms with E-state index in [1.807, 2.05) is 25.1 Å². The van der Waals surface area contributed by atoms with Crippen LogP contribution < -0.4 is 0 Å². The molecule has 94 valence electrons. The molecule has 2 rings (SSSR count). The Labute approximate surface area is 106 Å². The third kappa shape index (κ3) is 2.97. The van der Waals surface area contributed by atoms with Gasteiger partial charge in [-0.05, 0) is 19.4 Å². The smallest absolute Gasteiger partial charge is 0.360 e. The van der Waals surface area contributed by atoms with Crippen LogP contribution in [0.25, 0.3) is 0 Å². The van der Waals surface area contributed by atoms with Gasteiger partial charge in [-0.15, -0.1) is 0 Å². The van der Waals surface area contributed by atoms with Crippen LogP contribution >= 0.6 is 0 Å². The van der Waals surface area contributed by atoms with Gasteiger partial charge in [-0.25, -0.2) is 4.79 Å². The molecule has 0 unspecified atom stereocenters. The number of benzene rings is 1. The molecule has 0 N–H and O–H groups in total. The zero-order valence-electron chi connectivity index (χ0n) is 10.5. The van der Waals surface area contributed by atoms with Gasteiger partial charge in [0, 0.05) is 12.5 Å². The highest BCUT2D eigenvalue weighted by atomic mass is 16.5. The van der Waals surface area contributed by atoms with Gasteiger partial charge in [-0.2, -0.15) is 0 Å². The van der Waals surface area contributed by atoms with Crippen LogP contribution in [0.15, 0.2) is 34.9 Å². The van der Waals surface area contributed by atoms with Gasteiger partial charge in [-0.3, -0.25) is 0 Å². The maximum absolute atomic E-state index is 11.4. The first kappa shape index (κ1) is 12.4. The Morgan fingerprint density at radius 2 is 2.22 bits per heavy atom. The molecular formula is C14H15NO3. The molecule has 0 saturated carbocycles. The van der Waals surface area contributed by atoms with Crippen LogP contribution in [0.1, 0.15) is 34.3 Å². The summed E-state index contributed by atoms with van der Waals surface area (Å²) in [7, 11) is 0. The van der Waals surface area contributed by atoms with Gasteiger partial charge in [-0.1, -0.05) is 35.0 Å². The molecule has 0 bridgehead atoms. The lowest BCUT2D eigenvalue weighted by molar-refractivity contribution is 0.0514. The zero-order valence-corrected chi connectivity index (χ0v) is 10.5. The van der Waals surface area contributed by atoms with Crippen molar-refractivity contribution in [1.82, 2.24) is 5.16 Å². The van der Waals surface area contributed by atoms with E-state index in [1.54, 1.807) is 13.0 Å². The fourth-order valence-corrected chi connectivity index (χ4v) is 1.72. The average molecular weight is 245 g/mol. The van der Waals surface area contributed by atoms with E-state index in [2.05, 4.69) is 11.2 Å². The molecule has 1 heterocycles. The molecular weight excluding hydrogens is 230 g/mol. The van der Waals surface area contributed by atoms with Crippen molar-refractivity contribution < 1.29 is 14.1 Å². The zero-order chi connectivity index (χ0) is 13.0. The maximum atomic E-state index is 11.4. The summed E-state index contributed by atoms with van der Waals surface area (Å²) in [6, 6.07) is 9.74. The lowest BCUT2D eigenvalue weighted by Gasteiger charge is -1.98. The Morgan fingerprint density at radius 3 is 2.94 bits per heavy atom. The first-order valence-electron chi connectivity index (χ1n) is 5.87. The SMILES string of the molecule is CCOC(=O)c1cc(Cc2cccc(C)c2)on1. The molecule has 0 aliphatic carbocycles. The number of carbonyl (C=O) groups excluding carboxylic acids is 1. The van der Waals surface area contributed by atoms with Crippen molar-refractivity contribution in [1.29, 1.82) is 0 Å². The van der Waals surface area contributed by atoms with E-state index >= 15 is 0 Å². The maximum Gasteiger partial charge on any atom is 0.360 e. The minimum Gasteiger partial charge on any atom is -0.461 e. The molecule has 0 aliphatic rings. The first-order valence-corrected chi connectivity index (χ1v) is 5.87. The van der Waals surface area contributed by atoms with Crippen molar-refractivity contribution in [2.75, 3.05) is 6.61 Å². The van der Waals surface area contributed by atoms with Crippen LogP contribution in [0.5, 0.6) is 0 Å². The number of aryl methyl sites for hydroxylation is 1. The Balaban J connectivity index is 2.09. The van der Waals surface area contributed by atoms with Crippen LogP contribution in [-0.4, -0.2) is 17.7 Å². The van der Waals surface area contributed by atoms with Crippen LogP contribution in [0, 0.1) is 6.92 Å². The first-order chi connectivity index (χ1) is 8.69. The van der Waals surface area contributed by atoms with Gasteiger partial charge in [0.05, 0.1) is 6.61 Å². The molecule has 0 fully saturated rings. The molecule has 0 aliphatic heterocycles. The molecule has 4 heteroatoms. The van der Waals surface area contributed by atoms with Gasteiger partial charge >= 0.3 is 5.97 Å². The molecule has 1 aromatic carbocycles. The molecule has 4 nitrogen and oxygen atoms in total. The molecule has 0 radical (unpaired) electrons. The number of esters is 1. The van der Waals surface area contributed by atoms with E-state index in [-0.39, 0.29) is 5.69 Å². The molecule has 0 amide bonds. The number of rotatable bonds is 4. The number of aromatic nitrogens is 1. The summed E-state index contributed by atoms with van der Waals surface area (Å²) in [5.74, 6) is 0.209. The third-order valence-electron chi connectivity index (χ3n) is 2.50. The van der Waals surface area contributed by atoms with Crippen LogP contribution in [0.4, 0.5) is 0 Å². The molecule has 0 atom stereocenters. The molecule has 1 aromatic heterocycles. The monoisotopic (exact) mass is 245 g/mol. The predicted octanol–water partition coefficient (Wildman–Crippen LogP) is 2.75. The van der Waals surface area contributed by atoms with E-state index in [0.717, 1.165) is 5.56 Å². The van der Waals surface area contributed by atoms with Crippen LogP contribution in [0.3, 0.4) is 0 Å². The number of hydrogen-bond donors (Lipinski definition) is 0. The normalized spacial score (nSPS) is 10.3. The third-order valence-corrected chi connectivity index (χ3v) is 2.50. The van der Waals surface area contributed by atoms with Gasteiger partial charge in [0.2, 0.25) is 0 Å². The minimum atomic E-state index is -0.447. The highest BCUT2D eigenvalue weighted by Crippen LogP contribution is 2.13. The molecule has 0 saturated heterocycles. The lowest BCUT2D eigenvalue weighted by Crippen LogP contribution is -2.04. The number of nitrogens with zero attached hydrogens (tertiary/aromatic N) is 1. The number of hydrogen-bond acceptors (Lipinski definition) is 4. The van der Waals surface area contributed by atoms with E-state index in [9.17, 15) is 4.79 Å². The van der Waals surface area contributed by atoms with Crippen molar-refractivity contribution in [3.8, 4) is 0 Å². The molecule has 0 spiro atoms. The van der Waals surface area contributed by atoms with Gasteiger partial charge < -0.3 is 9.26 Å². The number of ether oxygens (including phenoxy) is 1. The van der Waals surface area contributed by atoms with Crippen molar-refractivity contribution in [2.24, 2.45) is 0 Å². The van der Waals surface area contributed by atoms with E-state index < -0.39 is 5.97 Å². The Hall–Kier alpha value is -2.10. The van der Waals surface area contributed by atoms with Gasteiger partial charge in [0.25, 0.3) is 0 Å². The van der Waals surface area contributed by atoms with Crippen molar-refractivity contribution in [2.45, 2.75) is 20.3 Å². The second-order valence-electron chi connectivity index (χ2n) is 4.06. The standard InChI is InChI=1S/C14H15NO3/c1-3-17-14(16)13-9-12(18-15-13)8-11-6-4-5-10(2)7-11/h4-7,9H,3,8H2,1-2H3. The summed E-state index contributed by atoms with van der Waals surface area (Å²) in [4.78, 5) is 11.4. The summed E-state index contributed by atoms with van der Waals surface area (Å²) in [6.45, 7) is 4.12. The fourth-order valence-electron chi connectivity index (χ4n) is 1.72. The van der Waals surface area contributed by atoms with E-state index in [0.29, 0.717) is 18.8 Å². The largest absolute Gasteiger partial charge is 0.461 e. The lowest BCUT2D eigenvalue weighted by atomic mass is 10.1. The van der Waals surface area contributed by atoms with Gasteiger partial charge in [0.1, 0.15) is 5.76 Å². The summed E-state index contributed by atoms with van der Waals surface area (Å²) in [5, 5.41) is 3.70. The topological polar surface area (TPSA) is 52.3 Å². The highest BCUT2D eigenvalue weighted by molar-refractivity contribution is 5.87. The van der Waals surface area contributed by atoms with Crippen LogP contribution in [-0.2, 0) is 11.2 Å². The van der Waals surface area contributed by atoms with E-state index in [4.69, 9.17) is 9.26 Å².